The normalized spacial score (nSPS) is 13.6. The summed E-state index contributed by atoms with van der Waals surface area (Å²) in [5.74, 6) is 1.09. The van der Waals surface area contributed by atoms with Crippen LogP contribution in [-0.4, -0.2) is 4.57 Å². The van der Waals surface area contributed by atoms with Gasteiger partial charge in [-0.2, -0.15) is 0 Å². The molecule has 0 fully saturated rings. The Balaban J connectivity index is 1.27. The Labute approximate surface area is 229 Å². The molecule has 184 valence electrons. The van der Waals surface area contributed by atoms with Crippen LogP contribution in [0.4, 0.5) is 0 Å². The molecule has 0 bridgehead atoms. The van der Waals surface area contributed by atoms with Crippen molar-refractivity contribution in [3.63, 3.8) is 0 Å². The van der Waals surface area contributed by atoms with E-state index in [1.165, 1.54) is 69.8 Å². The fraction of sp³-hybridized carbons (Fsp3) is 0.0556. The van der Waals surface area contributed by atoms with Crippen molar-refractivity contribution in [2.24, 2.45) is 0 Å². The van der Waals surface area contributed by atoms with Gasteiger partial charge in [0, 0.05) is 65.1 Å². The van der Waals surface area contributed by atoms with Crippen molar-refractivity contribution in [3.8, 4) is 11.1 Å². The van der Waals surface area contributed by atoms with Crippen molar-refractivity contribution in [2.45, 2.75) is 12.8 Å². The molecule has 0 spiro atoms. The molecule has 0 unspecified atom stereocenters. The van der Waals surface area contributed by atoms with Crippen LogP contribution in [0.25, 0.3) is 75.8 Å². The molecule has 3 heterocycles. The van der Waals surface area contributed by atoms with Crippen molar-refractivity contribution in [2.75, 3.05) is 0 Å². The van der Waals surface area contributed by atoms with E-state index in [1.54, 1.807) is 0 Å². The Morgan fingerprint density at radius 1 is 0.564 bits per heavy atom. The van der Waals surface area contributed by atoms with Gasteiger partial charge in [0.1, 0.15) is 11.3 Å². The number of hydrogen-bond acceptors (Lipinski definition) is 2. The summed E-state index contributed by atoms with van der Waals surface area (Å²) in [7, 11) is 0. The van der Waals surface area contributed by atoms with Crippen molar-refractivity contribution in [3.05, 3.63) is 121 Å². The Bertz CT molecular complexity index is 2240. The highest BCUT2D eigenvalue weighted by atomic mass is 32.1. The third kappa shape index (κ3) is 2.96. The highest BCUT2D eigenvalue weighted by Gasteiger charge is 2.23. The molecule has 0 saturated carbocycles. The molecule has 0 radical (unpaired) electrons. The number of furan rings is 1. The minimum atomic E-state index is 0.892. The van der Waals surface area contributed by atoms with E-state index >= 15 is 0 Å². The quantitative estimate of drug-likeness (QED) is 0.223. The van der Waals surface area contributed by atoms with Crippen molar-refractivity contribution in [1.29, 1.82) is 0 Å². The predicted octanol–water partition coefficient (Wildman–Crippen LogP) is 10.5. The Morgan fingerprint density at radius 3 is 2.00 bits per heavy atom. The van der Waals surface area contributed by atoms with Crippen LogP contribution in [0, 0.1) is 0 Å². The zero-order chi connectivity index (χ0) is 25.5. The largest absolute Gasteiger partial charge is 0.460 e. The predicted molar refractivity (Wildman–Crippen MR) is 166 cm³/mol. The fourth-order valence-corrected chi connectivity index (χ4v) is 7.82. The standard InChI is InChI=1S/C36H23NOS/c1-4-16-31-23(9-1)24-10-2-5-17-32(24)37(31)22-19-20-33-30(21-22)27-13-7-12-26(35(27)38-33)29-15-8-14-28-25-11-3-6-18-34(25)39-36(28)29/h1-18,21H,19-20H2. The number of thiophene rings is 1. The summed E-state index contributed by atoms with van der Waals surface area (Å²) in [6, 6.07) is 39.5. The van der Waals surface area contributed by atoms with Crippen LogP contribution in [0.2, 0.25) is 0 Å². The van der Waals surface area contributed by atoms with Crippen LogP contribution in [0.1, 0.15) is 17.7 Å². The lowest BCUT2D eigenvalue weighted by molar-refractivity contribution is 0.547. The van der Waals surface area contributed by atoms with E-state index in [0.717, 1.165) is 24.2 Å². The zero-order valence-corrected chi connectivity index (χ0v) is 22.0. The summed E-state index contributed by atoms with van der Waals surface area (Å²) in [4.78, 5) is 0. The summed E-state index contributed by atoms with van der Waals surface area (Å²) in [6.45, 7) is 0. The molecule has 8 aromatic rings. The summed E-state index contributed by atoms with van der Waals surface area (Å²) in [5, 5.41) is 6.43. The van der Waals surface area contributed by atoms with Crippen LogP contribution in [0.15, 0.2) is 114 Å². The maximum Gasteiger partial charge on any atom is 0.142 e. The number of rotatable bonds is 2. The molecule has 0 atom stereocenters. The number of hydrogen-bond donors (Lipinski definition) is 0. The highest BCUT2D eigenvalue weighted by molar-refractivity contribution is 7.26. The van der Waals surface area contributed by atoms with Crippen molar-refractivity contribution < 1.29 is 4.42 Å². The highest BCUT2D eigenvalue weighted by Crippen LogP contribution is 2.45. The first-order chi connectivity index (χ1) is 19.3. The van der Waals surface area contributed by atoms with Gasteiger partial charge in [-0.1, -0.05) is 91.0 Å². The number of nitrogens with zero attached hydrogens (tertiary/aromatic N) is 1. The molecule has 3 aromatic heterocycles. The smallest absolute Gasteiger partial charge is 0.142 e. The van der Waals surface area contributed by atoms with Gasteiger partial charge in [0.2, 0.25) is 0 Å². The van der Waals surface area contributed by atoms with Gasteiger partial charge >= 0.3 is 0 Å². The number of aromatic nitrogens is 1. The number of para-hydroxylation sites is 3. The minimum absolute atomic E-state index is 0.892. The second kappa shape index (κ2) is 7.95. The Morgan fingerprint density at radius 2 is 1.21 bits per heavy atom. The van der Waals surface area contributed by atoms with Crippen molar-refractivity contribution in [1.82, 2.24) is 4.57 Å². The summed E-state index contributed by atoms with van der Waals surface area (Å²) < 4.78 is 11.8. The third-order valence-corrected chi connectivity index (χ3v) is 9.53. The number of fused-ring (bicyclic) bond motifs is 9. The molecule has 0 N–H and O–H groups in total. The number of aryl methyl sites for hydroxylation is 1. The van der Waals surface area contributed by atoms with Gasteiger partial charge < -0.3 is 8.98 Å². The second-order valence-corrected chi connectivity index (χ2v) is 11.5. The van der Waals surface area contributed by atoms with Crippen LogP contribution < -0.4 is 0 Å². The third-order valence-electron chi connectivity index (χ3n) is 8.31. The lowest BCUT2D eigenvalue weighted by atomic mass is 9.97. The number of allylic oxidation sites excluding steroid dienone is 1. The molecule has 1 aliphatic rings. The molecule has 39 heavy (non-hydrogen) atoms. The molecule has 3 heteroatoms. The first-order valence-electron chi connectivity index (χ1n) is 13.5. The molecule has 2 nitrogen and oxygen atoms in total. The molecule has 0 amide bonds. The molecule has 0 aliphatic heterocycles. The summed E-state index contributed by atoms with van der Waals surface area (Å²) in [6.07, 6.45) is 4.20. The molecular formula is C36H23NOS. The van der Waals surface area contributed by atoms with Crippen LogP contribution in [-0.2, 0) is 6.42 Å². The molecule has 0 saturated heterocycles. The van der Waals surface area contributed by atoms with Crippen LogP contribution in [0.5, 0.6) is 0 Å². The van der Waals surface area contributed by atoms with Gasteiger partial charge in [0.25, 0.3) is 0 Å². The van der Waals surface area contributed by atoms with E-state index in [2.05, 4.69) is 120 Å². The van der Waals surface area contributed by atoms with E-state index in [0.29, 0.717) is 0 Å². The lowest BCUT2D eigenvalue weighted by Gasteiger charge is -2.16. The van der Waals surface area contributed by atoms with E-state index < -0.39 is 0 Å². The van der Waals surface area contributed by atoms with Gasteiger partial charge in [-0.3, -0.25) is 0 Å². The van der Waals surface area contributed by atoms with E-state index in [-0.39, 0.29) is 0 Å². The minimum Gasteiger partial charge on any atom is -0.460 e. The number of benzene rings is 5. The van der Waals surface area contributed by atoms with E-state index in [4.69, 9.17) is 4.42 Å². The van der Waals surface area contributed by atoms with Gasteiger partial charge in [-0.25, -0.2) is 0 Å². The topological polar surface area (TPSA) is 18.1 Å². The maximum atomic E-state index is 6.69. The fourth-order valence-electron chi connectivity index (χ4n) is 6.59. The second-order valence-electron chi connectivity index (χ2n) is 10.4. The van der Waals surface area contributed by atoms with Crippen molar-refractivity contribution >= 4 is 76.1 Å². The van der Waals surface area contributed by atoms with E-state index in [1.807, 2.05) is 11.3 Å². The van der Waals surface area contributed by atoms with Gasteiger partial charge in [-0.05, 0) is 30.7 Å². The molecule has 5 aromatic carbocycles. The van der Waals surface area contributed by atoms with Gasteiger partial charge in [-0.15, -0.1) is 11.3 Å². The summed E-state index contributed by atoms with van der Waals surface area (Å²) >= 11 is 1.87. The average molecular weight is 518 g/mol. The molecular weight excluding hydrogens is 494 g/mol. The summed E-state index contributed by atoms with van der Waals surface area (Å²) in [5.41, 5.74) is 8.48. The average Bonchev–Trinajstić information content (AvgIpc) is 3.66. The molecule has 9 rings (SSSR count). The van der Waals surface area contributed by atoms with Crippen LogP contribution >= 0.6 is 11.3 Å². The first-order valence-corrected chi connectivity index (χ1v) is 14.3. The first kappa shape index (κ1) is 21.3. The molecule has 1 aliphatic carbocycles. The zero-order valence-electron chi connectivity index (χ0n) is 21.1. The van der Waals surface area contributed by atoms with Crippen LogP contribution in [0.3, 0.4) is 0 Å². The van der Waals surface area contributed by atoms with Gasteiger partial charge in [0.05, 0.1) is 11.0 Å². The van der Waals surface area contributed by atoms with Gasteiger partial charge in [0.15, 0.2) is 0 Å². The van der Waals surface area contributed by atoms with E-state index in [9.17, 15) is 0 Å². The monoisotopic (exact) mass is 517 g/mol. The maximum absolute atomic E-state index is 6.69. The Hall–Kier alpha value is -4.60. The SMILES string of the molecule is C1=C(n2c3ccccc3c3ccccc32)CCc2oc3c(-c4cccc5c4sc4ccccc45)cccc3c21. The Kier molecular flexibility index (Phi) is 4.35. The lowest BCUT2D eigenvalue weighted by Crippen LogP contribution is -2.03.